The predicted octanol–water partition coefficient (Wildman–Crippen LogP) is 2.81. The Morgan fingerprint density at radius 3 is 2.72 bits per heavy atom. The first kappa shape index (κ1) is 12.9. The Balaban J connectivity index is 2.69. The van der Waals surface area contributed by atoms with E-state index in [0.29, 0.717) is 11.6 Å². The molecule has 18 heavy (non-hydrogen) atoms. The molecule has 2 rings (SSSR count). The molecule has 0 aliphatic carbocycles. The Morgan fingerprint density at radius 2 is 2.11 bits per heavy atom. The third-order valence-electron chi connectivity index (χ3n) is 2.97. The van der Waals surface area contributed by atoms with Crippen molar-refractivity contribution < 1.29 is 4.74 Å². The number of nitrogens with zero attached hydrogens (tertiary/aromatic N) is 1. The molecule has 96 valence electrons. The Morgan fingerprint density at radius 1 is 1.39 bits per heavy atom. The van der Waals surface area contributed by atoms with Crippen molar-refractivity contribution in [2.24, 2.45) is 5.73 Å². The maximum Gasteiger partial charge on any atom is 0.127 e. The van der Waals surface area contributed by atoms with Gasteiger partial charge in [-0.15, -0.1) is 0 Å². The fourth-order valence-corrected chi connectivity index (χ4v) is 2.17. The lowest BCUT2D eigenvalue weighted by atomic mass is 10.0. The van der Waals surface area contributed by atoms with Crippen molar-refractivity contribution in [2.75, 3.05) is 7.11 Å². The van der Waals surface area contributed by atoms with Crippen LogP contribution in [0.4, 0.5) is 0 Å². The van der Waals surface area contributed by atoms with Gasteiger partial charge in [0, 0.05) is 28.4 Å². The monoisotopic (exact) mass is 265 g/mol. The van der Waals surface area contributed by atoms with Crippen LogP contribution in [0.1, 0.15) is 17.0 Å². The molecule has 0 spiro atoms. The molecule has 0 fully saturated rings. The van der Waals surface area contributed by atoms with Gasteiger partial charge in [-0.1, -0.05) is 11.6 Å². The van der Waals surface area contributed by atoms with Crippen LogP contribution >= 0.6 is 11.6 Å². The van der Waals surface area contributed by atoms with E-state index in [-0.39, 0.29) is 0 Å². The zero-order valence-electron chi connectivity index (χ0n) is 10.7. The Kier molecular flexibility index (Phi) is 3.59. The van der Waals surface area contributed by atoms with Gasteiger partial charge in [0.25, 0.3) is 0 Å². The first-order valence-corrected chi connectivity index (χ1v) is 6.04. The number of nitrogens with two attached hydrogens (primary N) is 1. The molecule has 0 unspecified atom stereocenters. The number of rotatable bonds is 3. The van der Waals surface area contributed by atoms with Crippen molar-refractivity contribution in [1.29, 1.82) is 0 Å². The van der Waals surface area contributed by atoms with Crippen molar-refractivity contribution in [3.05, 3.63) is 34.1 Å². The number of nitrogens with one attached hydrogen (secondary N) is 1. The van der Waals surface area contributed by atoms with Crippen LogP contribution in [0.2, 0.25) is 5.02 Å². The molecule has 0 atom stereocenters. The maximum absolute atomic E-state index is 6.19. The van der Waals surface area contributed by atoms with Crippen LogP contribution in [0, 0.1) is 13.8 Å². The molecule has 0 amide bonds. The van der Waals surface area contributed by atoms with Gasteiger partial charge in [0.2, 0.25) is 0 Å². The summed E-state index contributed by atoms with van der Waals surface area (Å²) in [6.45, 7) is 4.27. The van der Waals surface area contributed by atoms with E-state index in [1.165, 1.54) is 0 Å². The fraction of sp³-hybridized carbons (Fsp3) is 0.308. The number of benzene rings is 1. The van der Waals surface area contributed by atoms with Crippen LogP contribution in [0.3, 0.4) is 0 Å². The van der Waals surface area contributed by atoms with Crippen molar-refractivity contribution in [3.63, 3.8) is 0 Å². The highest BCUT2D eigenvalue weighted by Crippen LogP contribution is 2.37. The van der Waals surface area contributed by atoms with Gasteiger partial charge in [0.1, 0.15) is 5.75 Å². The van der Waals surface area contributed by atoms with Crippen LogP contribution in [-0.4, -0.2) is 17.3 Å². The number of methoxy groups -OCH3 is 1. The number of hydrogen-bond acceptors (Lipinski definition) is 3. The largest absolute Gasteiger partial charge is 0.496 e. The summed E-state index contributed by atoms with van der Waals surface area (Å²) in [4.78, 5) is 0. The van der Waals surface area contributed by atoms with Gasteiger partial charge in [-0.2, -0.15) is 5.10 Å². The lowest BCUT2D eigenvalue weighted by molar-refractivity contribution is 0.416. The molecule has 0 radical (unpaired) electrons. The highest BCUT2D eigenvalue weighted by atomic mass is 35.5. The van der Waals surface area contributed by atoms with Crippen LogP contribution in [0.5, 0.6) is 5.75 Å². The van der Waals surface area contributed by atoms with Crippen molar-refractivity contribution >= 4 is 11.6 Å². The fourth-order valence-electron chi connectivity index (χ4n) is 2.00. The number of aryl methyl sites for hydroxylation is 2. The third kappa shape index (κ3) is 2.09. The molecule has 0 aliphatic heterocycles. The molecule has 3 N–H and O–H groups in total. The SMILES string of the molecule is COc1cc(C)c(Cl)cc1-c1c(CN)n[nH]c1C. The number of aromatic nitrogens is 2. The molecular weight excluding hydrogens is 250 g/mol. The topological polar surface area (TPSA) is 63.9 Å². The summed E-state index contributed by atoms with van der Waals surface area (Å²) < 4.78 is 5.42. The third-order valence-corrected chi connectivity index (χ3v) is 3.37. The summed E-state index contributed by atoms with van der Waals surface area (Å²) in [5.41, 5.74) is 10.3. The highest BCUT2D eigenvalue weighted by molar-refractivity contribution is 6.31. The second-order valence-electron chi connectivity index (χ2n) is 4.18. The molecule has 2 aromatic rings. The Bertz CT molecular complexity index is 578. The first-order chi connectivity index (χ1) is 8.58. The predicted molar refractivity (Wildman–Crippen MR) is 73.0 cm³/mol. The summed E-state index contributed by atoms with van der Waals surface area (Å²) in [6.07, 6.45) is 0. The number of H-pyrrole nitrogens is 1. The van der Waals surface area contributed by atoms with E-state index in [2.05, 4.69) is 10.2 Å². The number of ether oxygens (including phenoxy) is 1. The summed E-state index contributed by atoms with van der Waals surface area (Å²) in [5, 5.41) is 7.84. The minimum Gasteiger partial charge on any atom is -0.496 e. The second kappa shape index (κ2) is 5.00. The number of aromatic amines is 1. The van der Waals surface area contributed by atoms with E-state index in [0.717, 1.165) is 33.8 Å². The summed E-state index contributed by atoms with van der Waals surface area (Å²) in [5.74, 6) is 0.774. The van der Waals surface area contributed by atoms with Crippen molar-refractivity contribution in [2.45, 2.75) is 20.4 Å². The second-order valence-corrected chi connectivity index (χ2v) is 4.58. The van der Waals surface area contributed by atoms with E-state index >= 15 is 0 Å². The van der Waals surface area contributed by atoms with Crippen LogP contribution in [0.25, 0.3) is 11.1 Å². The lowest BCUT2D eigenvalue weighted by Gasteiger charge is -2.11. The average molecular weight is 266 g/mol. The lowest BCUT2D eigenvalue weighted by Crippen LogP contribution is -2.00. The average Bonchev–Trinajstić information content (AvgIpc) is 2.73. The van der Waals surface area contributed by atoms with Crippen LogP contribution in [0.15, 0.2) is 12.1 Å². The zero-order chi connectivity index (χ0) is 13.3. The molecule has 1 heterocycles. The summed E-state index contributed by atoms with van der Waals surface area (Å²) >= 11 is 6.19. The van der Waals surface area contributed by atoms with Gasteiger partial charge in [-0.25, -0.2) is 0 Å². The van der Waals surface area contributed by atoms with Gasteiger partial charge in [-0.05, 0) is 31.5 Å². The van der Waals surface area contributed by atoms with E-state index < -0.39 is 0 Å². The van der Waals surface area contributed by atoms with Gasteiger partial charge < -0.3 is 10.5 Å². The molecule has 0 bridgehead atoms. The van der Waals surface area contributed by atoms with E-state index in [1.807, 2.05) is 26.0 Å². The van der Waals surface area contributed by atoms with E-state index in [4.69, 9.17) is 22.1 Å². The minimum atomic E-state index is 0.369. The zero-order valence-corrected chi connectivity index (χ0v) is 11.4. The standard InChI is InChI=1S/C13H16ClN3O/c1-7-4-12(18-3)9(5-10(7)14)13-8(2)16-17-11(13)6-15/h4-5H,6,15H2,1-3H3,(H,16,17). The van der Waals surface area contributed by atoms with Crippen LogP contribution < -0.4 is 10.5 Å². The van der Waals surface area contributed by atoms with Crippen molar-refractivity contribution in [1.82, 2.24) is 10.2 Å². The molecular formula is C13H16ClN3O. The molecule has 0 saturated heterocycles. The quantitative estimate of drug-likeness (QED) is 0.897. The van der Waals surface area contributed by atoms with Crippen LogP contribution in [-0.2, 0) is 6.54 Å². The van der Waals surface area contributed by atoms with Gasteiger partial charge in [-0.3, -0.25) is 5.10 Å². The Hall–Kier alpha value is -1.52. The number of hydrogen-bond donors (Lipinski definition) is 2. The first-order valence-electron chi connectivity index (χ1n) is 5.67. The minimum absolute atomic E-state index is 0.369. The molecule has 0 aliphatic rings. The normalized spacial score (nSPS) is 10.7. The molecule has 1 aromatic carbocycles. The van der Waals surface area contributed by atoms with Crippen molar-refractivity contribution in [3.8, 4) is 16.9 Å². The summed E-state index contributed by atoms with van der Waals surface area (Å²) in [7, 11) is 1.64. The van der Waals surface area contributed by atoms with Gasteiger partial charge in [0.05, 0.1) is 12.8 Å². The molecule has 0 saturated carbocycles. The van der Waals surface area contributed by atoms with E-state index in [9.17, 15) is 0 Å². The highest BCUT2D eigenvalue weighted by Gasteiger charge is 2.16. The molecule has 4 nitrogen and oxygen atoms in total. The summed E-state index contributed by atoms with van der Waals surface area (Å²) in [6, 6.07) is 3.82. The molecule has 1 aromatic heterocycles. The van der Waals surface area contributed by atoms with Gasteiger partial charge in [0.15, 0.2) is 0 Å². The number of halogens is 1. The molecule has 5 heteroatoms. The van der Waals surface area contributed by atoms with E-state index in [1.54, 1.807) is 7.11 Å². The Labute approximate surface area is 111 Å². The maximum atomic E-state index is 6.19. The smallest absolute Gasteiger partial charge is 0.127 e. The van der Waals surface area contributed by atoms with Gasteiger partial charge >= 0.3 is 0 Å².